The lowest BCUT2D eigenvalue weighted by Gasteiger charge is -2.16. The topological polar surface area (TPSA) is 47.0 Å². The Balaban J connectivity index is 2.21. The summed E-state index contributed by atoms with van der Waals surface area (Å²) in [6.45, 7) is 7.13. The minimum atomic E-state index is 0.436. The summed E-state index contributed by atoms with van der Waals surface area (Å²) < 4.78 is 5.69. The average Bonchev–Trinajstić information content (AvgIpc) is 2.71. The number of unbranched alkanes of at least 4 members (excludes halogenated alkanes) is 7. The second-order valence-electron chi connectivity index (χ2n) is 7.69. The summed E-state index contributed by atoms with van der Waals surface area (Å²) in [5.41, 5.74) is 1.15. The van der Waals surface area contributed by atoms with E-state index in [0.29, 0.717) is 12.6 Å². The summed E-state index contributed by atoms with van der Waals surface area (Å²) in [5.74, 6) is 0.744. The molecule has 1 aromatic heterocycles. The molecular weight excluding hydrogens is 398 g/mol. The zero-order valence-electron chi connectivity index (χ0n) is 19.0. The second kappa shape index (κ2) is 16.9. The fourth-order valence-corrected chi connectivity index (χ4v) is 4.38. The van der Waals surface area contributed by atoms with Crippen LogP contribution < -0.4 is 10.1 Å². The van der Waals surface area contributed by atoms with Crippen LogP contribution >= 0.6 is 24.0 Å². The fourth-order valence-electron chi connectivity index (χ4n) is 3.45. The number of ether oxygens (including phenoxy) is 1. The van der Waals surface area contributed by atoms with Crippen molar-refractivity contribution in [3.8, 4) is 5.88 Å². The molecule has 0 saturated carbocycles. The lowest BCUT2D eigenvalue weighted by atomic mass is 10.1. The standard InChI is InChI=1S/C23H41N3OS2/c1-5-7-8-9-10-11-12-17-21(28)26-19(3)15-13-14-16-20-22(27-6-2)24-18-25-23(20)29-4/h18-19H,5-17H2,1-4H3,(H,26,28). The highest BCUT2D eigenvalue weighted by molar-refractivity contribution is 7.98. The van der Waals surface area contributed by atoms with Crippen LogP contribution in [0.5, 0.6) is 5.88 Å². The molecule has 0 aliphatic heterocycles. The molecule has 0 bridgehead atoms. The van der Waals surface area contributed by atoms with Crippen molar-refractivity contribution in [2.45, 2.75) is 109 Å². The molecule has 1 N–H and O–H groups in total. The molecule has 1 aromatic rings. The van der Waals surface area contributed by atoms with Gasteiger partial charge in [0, 0.05) is 11.6 Å². The highest BCUT2D eigenvalue weighted by Gasteiger charge is 2.12. The first-order valence-electron chi connectivity index (χ1n) is 11.4. The Kier molecular flexibility index (Phi) is 15.2. The Bertz CT molecular complexity index is 569. The predicted octanol–water partition coefficient (Wildman–Crippen LogP) is 6.76. The normalized spacial score (nSPS) is 12.0. The zero-order valence-corrected chi connectivity index (χ0v) is 20.6. The summed E-state index contributed by atoms with van der Waals surface area (Å²) in [4.78, 5) is 9.74. The van der Waals surface area contributed by atoms with Crippen LogP contribution in [0.1, 0.15) is 97.0 Å². The smallest absolute Gasteiger partial charge is 0.220 e. The summed E-state index contributed by atoms with van der Waals surface area (Å²) >= 11 is 7.20. The molecule has 0 fully saturated rings. The first-order chi connectivity index (χ1) is 14.1. The predicted molar refractivity (Wildman–Crippen MR) is 130 cm³/mol. The molecule has 1 unspecified atom stereocenters. The SMILES string of the molecule is CCCCCCCCCC(=S)NC(C)CCCCc1c(OCC)ncnc1SC. The number of thiocarbonyl (C=S) groups is 1. The van der Waals surface area contributed by atoms with Gasteiger partial charge in [-0.15, -0.1) is 11.8 Å². The highest BCUT2D eigenvalue weighted by Crippen LogP contribution is 2.26. The average molecular weight is 440 g/mol. The van der Waals surface area contributed by atoms with Gasteiger partial charge in [-0.05, 0) is 52.2 Å². The van der Waals surface area contributed by atoms with Crippen LogP contribution in [0.4, 0.5) is 0 Å². The Morgan fingerprint density at radius 1 is 1.07 bits per heavy atom. The number of hydrogen-bond acceptors (Lipinski definition) is 5. The van der Waals surface area contributed by atoms with Gasteiger partial charge in [0.05, 0.1) is 11.6 Å². The van der Waals surface area contributed by atoms with Crippen LogP contribution in [-0.4, -0.2) is 33.9 Å². The third-order valence-corrected chi connectivity index (χ3v) is 6.13. The molecule has 0 amide bonds. The van der Waals surface area contributed by atoms with Gasteiger partial charge in [-0.3, -0.25) is 0 Å². The Hall–Kier alpha value is -0.880. The van der Waals surface area contributed by atoms with Gasteiger partial charge >= 0.3 is 0 Å². The Morgan fingerprint density at radius 3 is 2.48 bits per heavy atom. The molecule has 0 aliphatic carbocycles. The maximum absolute atomic E-state index is 5.69. The van der Waals surface area contributed by atoms with E-state index in [1.54, 1.807) is 18.1 Å². The lowest BCUT2D eigenvalue weighted by molar-refractivity contribution is 0.319. The molecule has 0 saturated heterocycles. The van der Waals surface area contributed by atoms with E-state index < -0.39 is 0 Å². The van der Waals surface area contributed by atoms with Crippen LogP contribution in [0.25, 0.3) is 0 Å². The molecule has 4 nitrogen and oxygen atoms in total. The first kappa shape index (κ1) is 26.2. The molecule has 1 rings (SSSR count). The summed E-state index contributed by atoms with van der Waals surface area (Å²) in [7, 11) is 0. The fraction of sp³-hybridized carbons (Fsp3) is 0.783. The molecule has 6 heteroatoms. The van der Waals surface area contributed by atoms with Crippen molar-refractivity contribution >= 4 is 29.0 Å². The Labute approximate surface area is 188 Å². The van der Waals surface area contributed by atoms with Crippen molar-refractivity contribution in [3.05, 3.63) is 11.9 Å². The van der Waals surface area contributed by atoms with Gasteiger partial charge in [0.2, 0.25) is 5.88 Å². The van der Waals surface area contributed by atoms with Gasteiger partial charge in [0.1, 0.15) is 11.4 Å². The molecule has 29 heavy (non-hydrogen) atoms. The van der Waals surface area contributed by atoms with Gasteiger partial charge in [0.25, 0.3) is 0 Å². The van der Waals surface area contributed by atoms with E-state index in [-0.39, 0.29) is 0 Å². The van der Waals surface area contributed by atoms with Crippen molar-refractivity contribution in [1.29, 1.82) is 0 Å². The second-order valence-corrected chi connectivity index (χ2v) is 8.97. The number of aromatic nitrogens is 2. The van der Waals surface area contributed by atoms with Crippen LogP contribution in [-0.2, 0) is 6.42 Å². The van der Waals surface area contributed by atoms with E-state index in [4.69, 9.17) is 17.0 Å². The quantitative estimate of drug-likeness (QED) is 0.125. The van der Waals surface area contributed by atoms with E-state index >= 15 is 0 Å². The Morgan fingerprint density at radius 2 is 1.79 bits per heavy atom. The van der Waals surface area contributed by atoms with E-state index in [0.717, 1.165) is 53.6 Å². The largest absolute Gasteiger partial charge is 0.478 e. The minimum Gasteiger partial charge on any atom is -0.478 e. The number of thioether (sulfide) groups is 1. The first-order valence-corrected chi connectivity index (χ1v) is 13.1. The molecule has 0 radical (unpaired) electrons. The van der Waals surface area contributed by atoms with Crippen LogP contribution in [0, 0.1) is 0 Å². The van der Waals surface area contributed by atoms with Crippen molar-refractivity contribution in [1.82, 2.24) is 15.3 Å². The van der Waals surface area contributed by atoms with E-state index in [1.165, 1.54) is 44.9 Å². The van der Waals surface area contributed by atoms with Crippen molar-refractivity contribution < 1.29 is 4.74 Å². The minimum absolute atomic E-state index is 0.436. The van der Waals surface area contributed by atoms with Gasteiger partial charge in [-0.25, -0.2) is 9.97 Å². The molecule has 166 valence electrons. The van der Waals surface area contributed by atoms with Crippen LogP contribution in [0.3, 0.4) is 0 Å². The van der Waals surface area contributed by atoms with Crippen molar-refractivity contribution in [2.24, 2.45) is 0 Å². The molecule has 0 spiro atoms. The molecular formula is C23H41N3OS2. The van der Waals surface area contributed by atoms with Crippen molar-refractivity contribution in [2.75, 3.05) is 12.9 Å². The third-order valence-electron chi connectivity index (χ3n) is 5.07. The summed E-state index contributed by atoms with van der Waals surface area (Å²) in [5, 5.41) is 4.55. The summed E-state index contributed by atoms with van der Waals surface area (Å²) in [6.07, 6.45) is 18.4. The number of rotatable bonds is 17. The van der Waals surface area contributed by atoms with Crippen molar-refractivity contribution in [3.63, 3.8) is 0 Å². The molecule has 0 aliphatic rings. The molecule has 1 heterocycles. The maximum atomic E-state index is 5.69. The lowest BCUT2D eigenvalue weighted by Crippen LogP contribution is -2.31. The monoisotopic (exact) mass is 439 g/mol. The van der Waals surface area contributed by atoms with Gasteiger partial charge in [0.15, 0.2) is 0 Å². The number of nitrogens with one attached hydrogen (secondary N) is 1. The maximum Gasteiger partial charge on any atom is 0.220 e. The van der Waals surface area contributed by atoms with E-state index in [9.17, 15) is 0 Å². The van der Waals surface area contributed by atoms with Gasteiger partial charge in [-0.1, -0.05) is 64.1 Å². The summed E-state index contributed by atoms with van der Waals surface area (Å²) in [6, 6.07) is 0.436. The van der Waals surface area contributed by atoms with Gasteiger partial charge < -0.3 is 10.1 Å². The molecule has 0 aromatic carbocycles. The zero-order chi connectivity index (χ0) is 21.3. The third kappa shape index (κ3) is 11.8. The highest BCUT2D eigenvalue weighted by atomic mass is 32.2. The number of nitrogens with zero attached hydrogens (tertiary/aromatic N) is 2. The van der Waals surface area contributed by atoms with Crippen LogP contribution in [0.15, 0.2) is 11.4 Å². The molecule has 1 atom stereocenters. The van der Waals surface area contributed by atoms with E-state index in [1.807, 2.05) is 6.92 Å². The van der Waals surface area contributed by atoms with Crippen LogP contribution in [0.2, 0.25) is 0 Å². The van der Waals surface area contributed by atoms with E-state index in [2.05, 4.69) is 35.4 Å². The number of hydrogen-bond donors (Lipinski definition) is 1. The van der Waals surface area contributed by atoms with Gasteiger partial charge in [-0.2, -0.15) is 0 Å².